The molecule has 4 heterocycles. The van der Waals surface area contributed by atoms with Crippen molar-refractivity contribution in [2.24, 2.45) is 0 Å². The molecule has 12 aromatic rings. The van der Waals surface area contributed by atoms with E-state index in [9.17, 15) is 0 Å². The summed E-state index contributed by atoms with van der Waals surface area (Å²) in [6, 6.07) is 57.1. The van der Waals surface area contributed by atoms with Crippen molar-refractivity contribution < 1.29 is 8.83 Å². The summed E-state index contributed by atoms with van der Waals surface area (Å²) < 4.78 is 15.6. The van der Waals surface area contributed by atoms with E-state index in [1.165, 1.54) is 5.39 Å². The number of fused-ring (bicyclic) bond motifs is 12. The highest BCUT2D eigenvalue weighted by atomic mass is 16.3. The molecule has 5 heteroatoms. The van der Waals surface area contributed by atoms with Gasteiger partial charge in [-0.1, -0.05) is 115 Å². The van der Waals surface area contributed by atoms with Gasteiger partial charge in [-0.2, -0.15) is 0 Å². The van der Waals surface area contributed by atoms with Gasteiger partial charge in [0.2, 0.25) is 5.95 Å². The second kappa shape index (κ2) is 10.6. The zero-order valence-corrected chi connectivity index (χ0v) is 28.2. The number of para-hydroxylation sites is 3. The zero-order chi connectivity index (χ0) is 34.6. The van der Waals surface area contributed by atoms with Crippen LogP contribution in [0.15, 0.2) is 173 Å². The molecule has 246 valence electrons. The van der Waals surface area contributed by atoms with Crippen LogP contribution in [0.3, 0.4) is 0 Å². The Hall–Kier alpha value is -7.24. The fourth-order valence-electron chi connectivity index (χ4n) is 8.35. The highest BCUT2D eigenvalue weighted by molar-refractivity contribution is 6.21. The van der Waals surface area contributed by atoms with Gasteiger partial charge in [-0.3, -0.25) is 4.57 Å². The van der Waals surface area contributed by atoms with Crippen LogP contribution in [-0.2, 0) is 0 Å². The molecular weight excluding hydrogens is 651 g/mol. The molecule has 4 aromatic heterocycles. The second-order valence-electron chi connectivity index (χ2n) is 13.7. The molecule has 0 amide bonds. The minimum Gasteiger partial charge on any atom is -0.455 e. The van der Waals surface area contributed by atoms with Crippen molar-refractivity contribution in [3.05, 3.63) is 164 Å². The minimum absolute atomic E-state index is 0.585. The average molecular weight is 678 g/mol. The van der Waals surface area contributed by atoms with Crippen molar-refractivity contribution >= 4 is 87.4 Å². The average Bonchev–Trinajstić information content (AvgIpc) is 3.89. The van der Waals surface area contributed by atoms with E-state index in [1.54, 1.807) is 0 Å². The van der Waals surface area contributed by atoms with E-state index in [1.807, 2.05) is 24.3 Å². The molecule has 0 bridgehead atoms. The number of aromatic nitrogens is 3. The predicted octanol–water partition coefficient (Wildman–Crippen LogP) is 13.0. The van der Waals surface area contributed by atoms with Crippen molar-refractivity contribution in [1.82, 2.24) is 14.5 Å². The molecule has 0 radical (unpaired) electrons. The van der Waals surface area contributed by atoms with Gasteiger partial charge in [-0.25, -0.2) is 9.97 Å². The molecule has 0 spiro atoms. The summed E-state index contributed by atoms with van der Waals surface area (Å²) in [4.78, 5) is 10.8. The Morgan fingerprint density at radius 2 is 1.11 bits per heavy atom. The van der Waals surface area contributed by atoms with E-state index in [4.69, 9.17) is 18.8 Å². The molecular formula is C48H27N3O2. The number of hydrogen-bond donors (Lipinski definition) is 0. The molecule has 0 saturated carbocycles. The first kappa shape index (κ1) is 28.5. The van der Waals surface area contributed by atoms with Gasteiger partial charge in [-0.15, -0.1) is 0 Å². The Morgan fingerprint density at radius 1 is 0.415 bits per heavy atom. The molecule has 0 saturated heterocycles. The van der Waals surface area contributed by atoms with E-state index in [0.29, 0.717) is 5.95 Å². The summed E-state index contributed by atoms with van der Waals surface area (Å²) in [6.45, 7) is 0. The van der Waals surface area contributed by atoms with Crippen molar-refractivity contribution in [2.45, 2.75) is 0 Å². The van der Waals surface area contributed by atoms with Gasteiger partial charge in [0, 0.05) is 48.8 Å². The van der Waals surface area contributed by atoms with Crippen LogP contribution in [0.2, 0.25) is 0 Å². The topological polar surface area (TPSA) is 57.0 Å². The van der Waals surface area contributed by atoms with Crippen molar-refractivity contribution in [3.63, 3.8) is 0 Å². The van der Waals surface area contributed by atoms with Gasteiger partial charge in [-0.05, 0) is 64.9 Å². The summed E-state index contributed by atoms with van der Waals surface area (Å²) in [6.07, 6.45) is 0. The van der Waals surface area contributed by atoms with Crippen molar-refractivity contribution in [2.75, 3.05) is 0 Å². The highest BCUT2D eigenvalue weighted by Crippen LogP contribution is 2.43. The molecule has 12 rings (SSSR count). The SMILES string of the molecule is c1ccc(-c2cc(-c3nc(-n4c5ccccc5c5ccc6c7ccccc7oc6c54)nc4ccccc34)cc3c2oc2cc4ccccc4cc23)cc1. The molecule has 0 aliphatic carbocycles. The van der Waals surface area contributed by atoms with Crippen LogP contribution in [0.5, 0.6) is 0 Å². The van der Waals surface area contributed by atoms with Crippen LogP contribution in [0.1, 0.15) is 0 Å². The maximum atomic E-state index is 6.72. The zero-order valence-electron chi connectivity index (χ0n) is 28.2. The van der Waals surface area contributed by atoms with E-state index in [-0.39, 0.29) is 0 Å². The molecule has 0 aliphatic heterocycles. The molecule has 0 unspecified atom stereocenters. The summed E-state index contributed by atoms with van der Waals surface area (Å²) >= 11 is 0. The van der Waals surface area contributed by atoms with Crippen LogP contribution < -0.4 is 0 Å². The summed E-state index contributed by atoms with van der Waals surface area (Å²) in [5.74, 6) is 0.585. The van der Waals surface area contributed by atoms with Crippen LogP contribution in [0.25, 0.3) is 116 Å². The van der Waals surface area contributed by atoms with Gasteiger partial charge in [0.1, 0.15) is 22.3 Å². The lowest BCUT2D eigenvalue weighted by Crippen LogP contribution is -2.03. The third kappa shape index (κ3) is 4.07. The van der Waals surface area contributed by atoms with Crippen LogP contribution in [0.4, 0.5) is 0 Å². The van der Waals surface area contributed by atoms with Gasteiger partial charge < -0.3 is 8.83 Å². The lowest BCUT2D eigenvalue weighted by molar-refractivity contribution is 0.670. The van der Waals surface area contributed by atoms with Gasteiger partial charge in [0.25, 0.3) is 0 Å². The number of benzene rings is 8. The van der Waals surface area contributed by atoms with Gasteiger partial charge in [0.05, 0.1) is 16.7 Å². The molecule has 0 atom stereocenters. The monoisotopic (exact) mass is 677 g/mol. The lowest BCUT2D eigenvalue weighted by atomic mass is 9.96. The number of rotatable bonds is 3. The van der Waals surface area contributed by atoms with Crippen molar-refractivity contribution in [1.29, 1.82) is 0 Å². The quantitative estimate of drug-likeness (QED) is 0.187. The molecule has 0 aliphatic rings. The van der Waals surface area contributed by atoms with Crippen LogP contribution >= 0.6 is 0 Å². The van der Waals surface area contributed by atoms with Crippen LogP contribution in [-0.4, -0.2) is 14.5 Å². The first-order valence-electron chi connectivity index (χ1n) is 17.8. The van der Waals surface area contributed by atoms with Crippen LogP contribution in [0, 0.1) is 0 Å². The lowest BCUT2D eigenvalue weighted by Gasteiger charge is -2.13. The molecule has 8 aromatic carbocycles. The van der Waals surface area contributed by atoms with Gasteiger partial charge >= 0.3 is 0 Å². The predicted molar refractivity (Wildman–Crippen MR) is 217 cm³/mol. The molecule has 53 heavy (non-hydrogen) atoms. The fourth-order valence-corrected chi connectivity index (χ4v) is 8.35. The maximum Gasteiger partial charge on any atom is 0.235 e. The normalized spacial score (nSPS) is 12.2. The standard InChI is InChI=1S/C48H27N3O2/c1-2-12-28(13-3-1)37-25-31(26-39-38-24-29-14-4-5-15-30(29)27-43(38)53-46(37)39)44-36-18-6-9-19-40(36)49-48(50-44)51-41-20-10-7-16-32(41)34-22-23-35-33-17-8-11-21-42(33)52-47(35)45(34)51/h1-27H. The number of furan rings is 2. The second-order valence-corrected chi connectivity index (χ2v) is 13.7. The number of hydrogen-bond acceptors (Lipinski definition) is 4. The third-order valence-corrected chi connectivity index (χ3v) is 10.8. The Kier molecular flexibility index (Phi) is 5.71. The summed E-state index contributed by atoms with van der Waals surface area (Å²) in [5.41, 5.74) is 10.2. The Morgan fingerprint density at radius 3 is 2.00 bits per heavy atom. The summed E-state index contributed by atoms with van der Waals surface area (Å²) in [7, 11) is 0. The fraction of sp³-hybridized carbons (Fsp3) is 0. The Bertz CT molecular complexity index is 3460. The Balaban J connectivity index is 1.20. The molecule has 5 nitrogen and oxygen atoms in total. The Labute approximate surface area is 302 Å². The van der Waals surface area contributed by atoms with Crippen molar-refractivity contribution in [3.8, 4) is 28.3 Å². The van der Waals surface area contributed by atoms with E-state index >= 15 is 0 Å². The highest BCUT2D eigenvalue weighted by Gasteiger charge is 2.23. The number of nitrogens with zero attached hydrogens (tertiary/aromatic N) is 3. The smallest absolute Gasteiger partial charge is 0.235 e. The summed E-state index contributed by atoms with van der Waals surface area (Å²) in [5, 5.41) is 9.78. The van der Waals surface area contributed by atoms with E-state index in [0.717, 1.165) is 104 Å². The largest absolute Gasteiger partial charge is 0.455 e. The van der Waals surface area contributed by atoms with Gasteiger partial charge in [0.15, 0.2) is 5.58 Å². The molecule has 0 N–H and O–H groups in total. The molecule has 0 fully saturated rings. The van der Waals surface area contributed by atoms with E-state index in [2.05, 4.69) is 144 Å². The first-order valence-corrected chi connectivity index (χ1v) is 17.8. The third-order valence-electron chi connectivity index (χ3n) is 10.8. The van der Waals surface area contributed by atoms with E-state index < -0.39 is 0 Å². The minimum atomic E-state index is 0.585. The maximum absolute atomic E-state index is 6.72. The first-order chi connectivity index (χ1) is 26.3.